The minimum atomic E-state index is -2.57. The normalized spacial score (nSPS) is 74.0. The van der Waals surface area contributed by atoms with Gasteiger partial charge in [-0.25, -0.2) is 5.00 Å². The van der Waals surface area contributed by atoms with Crippen LogP contribution in [-0.2, 0) is 0 Å². The number of hydrogen-bond donors (Lipinski definition) is 2. The first-order chi connectivity index (χ1) is 6.36. The highest BCUT2D eigenvalue weighted by Gasteiger charge is 2.12. The molecule has 1 saturated heterocycles. The summed E-state index contributed by atoms with van der Waals surface area (Å²) in [6.45, 7) is -7.44. The van der Waals surface area contributed by atoms with Crippen molar-refractivity contribution in [2.75, 3.05) is 33.7 Å². The van der Waals surface area contributed by atoms with Gasteiger partial charge in [-0.1, -0.05) is 0 Å². The van der Waals surface area contributed by atoms with E-state index in [2.05, 4.69) is 0 Å². The smallest absolute Gasteiger partial charge is 0.267 e. The van der Waals surface area contributed by atoms with Crippen molar-refractivity contribution in [1.29, 1.82) is 0 Å². The maximum Gasteiger partial charge on any atom is 0.373 e. The summed E-state index contributed by atoms with van der Waals surface area (Å²) in [5.74, 6) is 0. The van der Waals surface area contributed by atoms with E-state index >= 15 is 0 Å². The molecule has 0 aliphatic carbocycles. The van der Waals surface area contributed by atoms with Gasteiger partial charge in [0.05, 0.1) is 13.5 Å². The van der Waals surface area contributed by atoms with E-state index in [4.69, 9.17) is 9.64 Å². The lowest BCUT2D eigenvalue weighted by Gasteiger charge is -2.28. The fraction of sp³-hybridized carbons (Fsp3) is 1.00. The van der Waals surface area contributed by atoms with Crippen LogP contribution < -0.4 is 10.3 Å². The zero-order valence-electron chi connectivity index (χ0n) is 11.9. The van der Waals surface area contributed by atoms with Crippen LogP contribution in [0.3, 0.4) is 0 Å². The van der Waals surface area contributed by atoms with Gasteiger partial charge in [-0.05, 0) is 0 Å². The van der Waals surface area contributed by atoms with E-state index in [-0.39, 0.29) is 0 Å². The third-order valence-corrected chi connectivity index (χ3v) is 0.948. The summed E-state index contributed by atoms with van der Waals surface area (Å²) >= 11 is 0. The lowest BCUT2D eigenvalue weighted by atomic mass is 10.5. The number of hydrogen-bond acceptors (Lipinski definition) is 2. The molecule has 2 N–H and O–H groups in total. The van der Waals surface area contributed by atoms with Crippen LogP contribution in [0.1, 0.15) is 8.22 Å². The van der Waals surface area contributed by atoms with Crippen LogP contribution in [0.4, 0.5) is 0 Å². The van der Waals surface area contributed by atoms with Crippen molar-refractivity contribution in [3.8, 4) is 0 Å². The standard InChI is InChI=1S/C5H13N3/c1-7-4-3-6-5-8(7)2/h6H,3-5H2,1-2H3/p+1/i3D2,4D2,5D2/hD. The fourth-order valence-corrected chi connectivity index (χ4v) is 0.368. The predicted octanol–water partition coefficient (Wildman–Crippen LogP) is -2.09. The van der Waals surface area contributed by atoms with Crippen LogP contribution in [0.15, 0.2) is 0 Å². The Morgan fingerprint density at radius 1 is 2.00 bits per heavy atom. The molecule has 0 radical (unpaired) electrons. The second-order valence-electron chi connectivity index (χ2n) is 1.52. The maximum absolute atomic E-state index is 7.69. The van der Waals surface area contributed by atoms with E-state index in [1.54, 1.807) is 0 Å². The molecule has 0 amide bonds. The fourth-order valence-electron chi connectivity index (χ4n) is 0.368. The first-order valence-electron chi connectivity index (χ1n) is 5.74. The monoisotopic (exact) mass is 123 g/mol. The minimum Gasteiger partial charge on any atom is -0.267 e. The molecule has 8 heavy (non-hydrogen) atoms. The predicted molar refractivity (Wildman–Crippen MR) is 32.4 cm³/mol. The Kier molecular flexibility index (Phi) is 0.513. The van der Waals surface area contributed by atoms with Gasteiger partial charge in [0.15, 0.2) is 0 Å². The van der Waals surface area contributed by atoms with Gasteiger partial charge >= 0.3 is 1.41 Å². The molecule has 1 fully saturated rings. The Balaban J connectivity index is 3.24. The molecule has 48 valence electrons. The SMILES string of the molecule is [2H]C1([2H])NC([2H])([2H])[N+]([2H])(C)N(C)C1([2H])[2H]. The third kappa shape index (κ3) is 1.18. The van der Waals surface area contributed by atoms with E-state index in [1.165, 1.54) is 7.05 Å². The van der Waals surface area contributed by atoms with Crippen molar-refractivity contribution in [2.24, 2.45) is 0 Å². The highest BCUT2D eigenvalue weighted by atomic mass is 15.6. The molecule has 1 aliphatic rings. The van der Waals surface area contributed by atoms with Crippen LogP contribution >= 0.6 is 0 Å². The average Bonchev–Trinajstić information content (AvgIpc) is 1.98. The Morgan fingerprint density at radius 3 is 3.50 bits per heavy atom. The lowest BCUT2D eigenvalue weighted by molar-refractivity contribution is -1.00. The van der Waals surface area contributed by atoms with Gasteiger partial charge in [0.2, 0.25) is 0 Å². The molecule has 3 nitrogen and oxygen atoms in total. The minimum absolute atomic E-state index is 0.698. The second kappa shape index (κ2) is 2.44. The van der Waals surface area contributed by atoms with Crippen molar-refractivity contribution in [3.05, 3.63) is 0 Å². The van der Waals surface area contributed by atoms with Gasteiger partial charge < -0.3 is 0 Å². The molecule has 1 unspecified atom stereocenters. The molecule has 0 aromatic heterocycles. The molecule has 1 rings (SSSR count). The molecule has 0 bridgehead atoms. The molecule has 0 aromatic rings. The summed E-state index contributed by atoms with van der Waals surface area (Å²) in [5.41, 5.74) is 0. The van der Waals surface area contributed by atoms with Crippen LogP contribution in [0, 0.1) is 0 Å². The van der Waals surface area contributed by atoms with Crippen LogP contribution in [0.5, 0.6) is 0 Å². The molecule has 3 heteroatoms. The van der Waals surface area contributed by atoms with Crippen molar-refractivity contribution in [2.45, 2.75) is 0 Å². The molecule has 0 saturated carbocycles. The topological polar surface area (TPSA) is 19.7 Å². The first kappa shape index (κ1) is 1.68. The number of likely N-dealkylation sites (N-methyl/N-ethyl adjacent to an activating group) is 1. The molecule has 0 aromatic carbocycles. The third-order valence-electron chi connectivity index (χ3n) is 0.948. The van der Waals surface area contributed by atoms with Crippen LogP contribution in [0.2, 0.25) is 1.41 Å². The summed E-state index contributed by atoms with van der Waals surface area (Å²) in [6.07, 6.45) is 0. The molecule has 1 atom stereocenters. The maximum atomic E-state index is 7.69. The summed E-state index contributed by atoms with van der Waals surface area (Å²) in [7, 11) is 2.31. The average molecular weight is 123 g/mol. The summed E-state index contributed by atoms with van der Waals surface area (Å²) in [5, 5.41) is 1.39. The van der Waals surface area contributed by atoms with Gasteiger partial charge in [-0.3, -0.25) is 5.32 Å². The Labute approximate surface area is 60.1 Å². The Hall–Kier alpha value is -0.120. The molecule has 1 heterocycles. The zero-order valence-corrected chi connectivity index (χ0v) is 4.89. The van der Waals surface area contributed by atoms with Crippen molar-refractivity contribution in [1.82, 2.24) is 10.3 Å². The summed E-state index contributed by atoms with van der Waals surface area (Å²) in [4.78, 5) is 0. The first-order valence-corrected chi connectivity index (χ1v) is 2.29. The quantitative estimate of drug-likeness (QED) is 0.385. The zero-order chi connectivity index (χ0) is 12.3. The lowest BCUT2D eigenvalue weighted by Crippen LogP contribution is -3.18. The summed E-state index contributed by atoms with van der Waals surface area (Å²) < 4.78 is 52.5. The van der Waals surface area contributed by atoms with Gasteiger partial charge in [0.25, 0.3) is 0 Å². The van der Waals surface area contributed by atoms with Crippen molar-refractivity contribution < 1.29 is 14.6 Å². The number of nitrogens with one attached hydrogen (secondary N) is 2. The number of rotatable bonds is 0. The highest BCUT2D eigenvalue weighted by Crippen LogP contribution is 1.69. The molecule has 0 spiro atoms. The van der Waals surface area contributed by atoms with Gasteiger partial charge in [-0.2, -0.15) is 5.01 Å². The second-order valence-corrected chi connectivity index (χ2v) is 1.52. The van der Waals surface area contributed by atoms with E-state index < -0.39 is 24.6 Å². The van der Waals surface area contributed by atoms with E-state index in [9.17, 15) is 0 Å². The molecular weight excluding hydrogens is 102 g/mol. The highest BCUT2D eigenvalue weighted by molar-refractivity contribution is 4.45. The largest absolute Gasteiger partial charge is 0.373 e. The Morgan fingerprint density at radius 2 is 2.75 bits per heavy atom. The van der Waals surface area contributed by atoms with Crippen molar-refractivity contribution in [3.63, 3.8) is 0 Å². The number of nitrogens with zero attached hydrogens (tertiary/aromatic N) is 1. The van der Waals surface area contributed by atoms with E-state index in [1.807, 2.05) is 5.32 Å². The van der Waals surface area contributed by atoms with E-state index in [0.29, 0.717) is 5.01 Å². The van der Waals surface area contributed by atoms with Crippen LogP contribution in [-0.4, -0.2) is 38.7 Å². The number of quaternary nitrogens is 1. The van der Waals surface area contributed by atoms with E-state index in [0.717, 1.165) is 7.05 Å². The van der Waals surface area contributed by atoms with Gasteiger partial charge in [-0.15, -0.1) is 0 Å². The molecule has 1 aliphatic heterocycles. The van der Waals surface area contributed by atoms with Gasteiger partial charge in [0, 0.05) is 19.0 Å². The summed E-state index contributed by atoms with van der Waals surface area (Å²) in [6, 6.07) is 0. The van der Waals surface area contributed by atoms with Crippen LogP contribution in [0.25, 0.3) is 0 Å². The molecular formula is C5H14N3+. The van der Waals surface area contributed by atoms with Gasteiger partial charge in [0.1, 0.15) is 9.36 Å². The van der Waals surface area contributed by atoms with Crippen molar-refractivity contribution >= 4 is 0 Å². The Bertz CT molecular complexity index is 250.